The number of carbonyl (C=O) groups excluding carboxylic acids is 3. The largest absolute Gasteiger partial charge is 0.326 e. The fourth-order valence-corrected chi connectivity index (χ4v) is 3.88. The molecule has 8 heteroatoms. The molecular weight excluding hydrogens is 412 g/mol. The van der Waals surface area contributed by atoms with Gasteiger partial charge in [-0.1, -0.05) is 6.07 Å². The van der Waals surface area contributed by atoms with Gasteiger partial charge in [0, 0.05) is 41.7 Å². The molecule has 0 aliphatic rings. The second kappa shape index (κ2) is 9.09. The predicted octanol–water partition coefficient (Wildman–Crippen LogP) is 4.90. The van der Waals surface area contributed by atoms with Gasteiger partial charge in [-0.2, -0.15) is 0 Å². The van der Waals surface area contributed by atoms with Crippen molar-refractivity contribution in [2.24, 2.45) is 0 Å². The molecule has 31 heavy (non-hydrogen) atoms. The summed E-state index contributed by atoms with van der Waals surface area (Å²) >= 11 is 1.33. The molecule has 0 spiro atoms. The van der Waals surface area contributed by atoms with Crippen LogP contribution in [0, 0.1) is 20.8 Å². The molecule has 0 aliphatic carbocycles. The van der Waals surface area contributed by atoms with Crippen molar-refractivity contribution in [3.05, 3.63) is 58.0 Å². The van der Waals surface area contributed by atoms with E-state index in [4.69, 9.17) is 0 Å². The zero-order valence-corrected chi connectivity index (χ0v) is 18.9. The molecule has 160 valence electrons. The summed E-state index contributed by atoms with van der Waals surface area (Å²) in [6.45, 7) is 8.91. The van der Waals surface area contributed by atoms with Crippen molar-refractivity contribution in [3.63, 3.8) is 0 Å². The number of nitrogens with zero attached hydrogens (tertiary/aromatic N) is 1. The summed E-state index contributed by atoms with van der Waals surface area (Å²) in [5.74, 6) is -0.948. The number of hydrogen-bond donors (Lipinski definition) is 3. The fraction of sp³-hybridized carbons (Fsp3) is 0.217. The highest BCUT2D eigenvalue weighted by Crippen LogP contribution is 2.30. The van der Waals surface area contributed by atoms with Gasteiger partial charge in [0.1, 0.15) is 0 Å². The zero-order valence-electron chi connectivity index (χ0n) is 18.0. The van der Waals surface area contributed by atoms with E-state index in [1.807, 2.05) is 12.3 Å². The molecule has 0 aliphatic heterocycles. The quantitative estimate of drug-likeness (QED) is 0.529. The Kier molecular flexibility index (Phi) is 6.50. The normalized spacial score (nSPS) is 10.5. The van der Waals surface area contributed by atoms with E-state index in [-0.39, 0.29) is 17.4 Å². The summed E-state index contributed by atoms with van der Waals surface area (Å²) < 4.78 is 0. The van der Waals surface area contributed by atoms with Gasteiger partial charge < -0.3 is 10.6 Å². The van der Waals surface area contributed by atoms with Gasteiger partial charge >= 0.3 is 0 Å². The number of thiazole rings is 1. The Morgan fingerprint density at radius 1 is 0.774 bits per heavy atom. The van der Waals surface area contributed by atoms with Crippen LogP contribution in [-0.4, -0.2) is 22.7 Å². The summed E-state index contributed by atoms with van der Waals surface area (Å²) in [5, 5.41) is 10.4. The third-order valence-corrected chi connectivity index (χ3v) is 5.43. The van der Waals surface area contributed by atoms with E-state index in [1.165, 1.54) is 36.3 Å². The second-order valence-corrected chi connectivity index (χ2v) is 8.26. The van der Waals surface area contributed by atoms with E-state index >= 15 is 0 Å². The Bertz CT molecular complexity index is 1150. The number of hydrogen-bond acceptors (Lipinski definition) is 5. The fourth-order valence-electron chi connectivity index (χ4n) is 3.17. The first-order valence-electron chi connectivity index (χ1n) is 9.67. The SMILES string of the molecule is CC(=O)Nc1cc(NC(C)=O)cc(C(=O)Nc2nc(-c3cc(C)c(C)cc3C)cs2)c1. The summed E-state index contributed by atoms with van der Waals surface area (Å²) in [7, 11) is 0. The average molecular weight is 437 g/mol. The van der Waals surface area contributed by atoms with E-state index < -0.39 is 5.91 Å². The minimum absolute atomic E-state index is 0.278. The number of aromatic nitrogens is 1. The minimum atomic E-state index is -0.392. The summed E-state index contributed by atoms with van der Waals surface area (Å²) in [6.07, 6.45) is 0. The Labute approximate surface area is 184 Å². The third kappa shape index (κ3) is 5.55. The summed E-state index contributed by atoms with van der Waals surface area (Å²) in [6, 6.07) is 8.90. The molecule has 0 atom stereocenters. The van der Waals surface area contributed by atoms with Gasteiger partial charge in [-0.3, -0.25) is 19.7 Å². The minimum Gasteiger partial charge on any atom is -0.326 e. The van der Waals surface area contributed by atoms with E-state index in [2.05, 4.69) is 46.9 Å². The van der Waals surface area contributed by atoms with Crippen LogP contribution in [0.3, 0.4) is 0 Å². The molecule has 0 bridgehead atoms. The lowest BCUT2D eigenvalue weighted by Crippen LogP contribution is -2.15. The van der Waals surface area contributed by atoms with Crippen LogP contribution in [0.5, 0.6) is 0 Å². The molecule has 3 rings (SSSR count). The topological polar surface area (TPSA) is 100 Å². The van der Waals surface area contributed by atoms with Crippen molar-refractivity contribution in [3.8, 4) is 11.3 Å². The molecular formula is C23H24N4O3S. The van der Waals surface area contributed by atoms with Gasteiger partial charge in [-0.05, 0) is 61.7 Å². The maximum absolute atomic E-state index is 12.8. The van der Waals surface area contributed by atoms with Gasteiger partial charge in [-0.15, -0.1) is 11.3 Å². The van der Waals surface area contributed by atoms with Crippen molar-refractivity contribution in [1.29, 1.82) is 0 Å². The molecule has 0 fully saturated rings. The zero-order chi connectivity index (χ0) is 22.7. The first kappa shape index (κ1) is 22.2. The van der Waals surface area contributed by atoms with Crippen molar-refractivity contribution in [1.82, 2.24) is 4.98 Å². The number of carbonyl (C=O) groups is 3. The summed E-state index contributed by atoms with van der Waals surface area (Å²) in [4.78, 5) is 40.2. The van der Waals surface area contributed by atoms with Gasteiger partial charge in [0.25, 0.3) is 5.91 Å². The lowest BCUT2D eigenvalue weighted by Gasteiger charge is -2.10. The Hall–Kier alpha value is -3.52. The number of aryl methyl sites for hydroxylation is 3. The maximum Gasteiger partial charge on any atom is 0.257 e. The smallest absolute Gasteiger partial charge is 0.257 e. The van der Waals surface area contributed by atoms with Crippen LogP contribution >= 0.6 is 11.3 Å². The lowest BCUT2D eigenvalue weighted by molar-refractivity contribution is -0.115. The van der Waals surface area contributed by atoms with Crippen LogP contribution in [0.1, 0.15) is 40.9 Å². The Morgan fingerprint density at radius 3 is 1.94 bits per heavy atom. The second-order valence-electron chi connectivity index (χ2n) is 7.40. The van der Waals surface area contributed by atoms with Crippen molar-refractivity contribution < 1.29 is 14.4 Å². The molecule has 0 saturated carbocycles. The molecule has 0 saturated heterocycles. The van der Waals surface area contributed by atoms with Crippen LogP contribution in [-0.2, 0) is 9.59 Å². The van der Waals surface area contributed by atoms with Gasteiger partial charge in [-0.25, -0.2) is 4.98 Å². The van der Waals surface area contributed by atoms with E-state index in [0.29, 0.717) is 16.5 Å². The number of anilines is 3. The maximum atomic E-state index is 12.8. The summed E-state index contributed by atoms with van der Waals surface area (Å²) in [5.41, 5.74) is 6.46. The first-order chi connectivity index (χ1) is 14.6. The van der Waals surface area contributed by atoms with Crippen molar-refractivity contribution in [2.75, 3.05) is 16.0 Å². The highest BCUT2D eigenvalue weighted by molar-refractivity contribution is 7.14. The Morgan fingerprint density at radius 2 is 1.35 bits per heavy atom. The number of amides is 3. The first-order valence-corrected chi connectivity index (χ1v) is 10.6. The van der Waals surface area contributed by atoms with Crippen LogP contribution in [0.25, 0.3) is 11.3 Å². The van der Waals surface area contributed by atoms with E-state index in [9.17, 15) is 14.4 Å². The standard InChI is InChI=1S/C23H24N4O3S/c1-12-6-14(3)20(7-13(12)2)21-11-31-23(26-21)27-22(30)17-8-18(24-15(4)28)10-19(9-17)25-16(5)29/h6-11H,1-5H3,(H,24,28)(H,25,29)(H,26,27,30). The van der Waals surface area contributed by atoms with Gasteiger partial charge in [0.05, 0.1) is 5.69 Å². The average Bonchev–Trinajstić information content (AvgIpc) is 3.11. The monoisotopic (exact) mass is 436 g/mol. The van der Waals surface area contributed by atoms with E-state index in [1.54, 1.807) is 18.2 Å². The Balaban J connectivity index is 1.86. The molecule has 3 amide bonds. The molecule has 7 nitrogen and oxygen atoms in total. The lowest BCUT2D eigenvalue weighted by atomic mass is 9.99. The van der Waals surface area contributed by atoms with Crippen LogP contribution in [0.4, 0.5) is 16.5 Å². The number of benzene rings is 2. The van der Waals surface area contributed by atoms with Gasteiger partial charge in [0.2, 0.25) is 11.8 Å². The third-order valence-electron chi connectivity index (χ3n) is 4.68. The predicted molar refractivity (Wildman–Crippen MR) is 125 cm³/mol. The number of nitrogens with one attached hydrogen (secondary N) is 3. The molecule has 0 radical (unpaired) electrons. The van der Waals surface area contributed by atoms with E-state index in [0.717, 1.165) is 16.8 Å². The van der Waals surface area contributed by atoms with Crippen molar-refractivity contribution in [2.45, 2.75) is 34.6 Å². The molecule has 1 aromatic heterocycles. The van der Waals surface area contributed by atoms with Crippen LogP contribution < -0.4 is 16.0 Å². The van der Waals surface area contributed by atoms with Gasteiger partial charge in [0.15, 0.2) is 5.13 Å². The molecule has 3 N–H and O–H groups in total. The molecule has 3 aromatic rings. The molecule has 2 aromatic carbocycles. The molecule has 0 unspecified atom stereocenters. The van der Waals surface area contributed by atoms with Crippen molar-refractivity contribution >= 4 is 45.6 Å². The highest BCUT2D eigenvalue weighted by atomic mass is 32.1. The van der Waals surface area contributed by atoms with Crippen LogP contribution in [0.2, 0.25) is 0 Å². The number of rotatable bonds is 5. The molecule has 1 heterocycles. The highest BCUT2D eigenvalue weighted by Gasteiger charge is 2.14. The van der Waals surface area contributed by atoms with Crippen LogP contribution in [0.15, 0.2) is 35.7 Å².